The van der Waals surface area contributed by atoms with Gasteiger partial charge in [0.1, 0.15) is 0 Å². The molecule has 1 aromatic carbocycles. The molecule has 120 valence electrons. The Morgan fingerprint density at radius 2 is 2.05 bits per heavy atom. The summed E-state index contributed by atoms with van der Waals surface area (Å²) in [5, 5.41) is 8.67. The maximum atomic E-state index is 10.5. The lowest BCUT2D eigenvalue weighted by molar-refractivity contribution is -0.137. The number of rotatable bonds is 7. The van der Waals surface area contributed by atoms with Crippen molar-refractivity contribution < 1.29 is 19.4 Å². The summed E-state index contributed by atoms with van der Waals surface area (Å²) in [6, 6.07) is 5.98. The third kappa shape index (κ3) is 4.24. The molecular weight excluding hydrogens is 282 g/mol. The molecule has 5 heteroatoms. The molecule has 1 N–H and O–H groups in total. The molecule has 0 radical (unpaired) electrons. The van der Waals surface area contributed by atoms with E-state index in [0.717, 1.165) is 43.1 Å². The van der Waals surface area contributed by atoms with E-state index < -0.39 is 5.97 Å². The average Bonchev–Trinajstić information content (AvgIpc) is 2.54. The molecule has 0 bridgehead atoms. The van der Waals surface area contributed by atoms with Crippen LogP contribution in [-0.2, 0) is 4.79 Å². The van der Waals surface area contributed by atoms with Crippen LogP contribution in [0, 0.1) is 0 Å². The normalized spacial score (nSPS) is 15.3. The second kappa shape index (κ2) is 7.84. The standard InChI is InChI=1S/C17H23NO4/c1-21-15-6-5-14(12-16(15)22-2)13-7-10-18(11-8-13)9-3-4-17(19)20/h5-7,12H,3-4,8-11H2,1-2H3,(H,19,20). The minimum atomic E-state index is -0.724. The van der Waals surface area contributed by atoms with Crippen LogP contribution in [0.5, 0.6) is 11.5 Å². The SMILES string of the molecule is COc1ccc(C2=CCN(CCCC(=O)O)CC2)cc1OC. The van der Waals surface area contributed by atoms with Crippen molar-refractivity contribution in [3.63, 3.8) is 0 Å². The van der Waals surface area contributed by atoms with E-state index >= 15 is 0 Å². The second-order valence-electron chi connectivity index (χ2n) is 5.35. The van der Waals surface area contributed by atoms with Crippen molar-refractivity contribution in [3.05, 3.63) is 29.8 Å². The van der Waals surface area contributed by atoms with Crippen LogP contribution >= 0.6 is 0 Å². The fraction of sp³-hybridized carbons (Fsp3) is 0.471. The number of nitrogens with zero attached hydrogens (tertiary/aromatic N) is 1. The Labute approximate surface area is 131 Å². The van der Waals surface area contributed by atoms with E-state index in [0.29, 0.717) is 6.42 Å². The Hall–Kier alpha value is -2.01. The highest BCUT2D eigenvalue weighted by atomic mass is 16.5. The zero-order valence-electron chi connectivity index (χ0n) is 13.2. The minimum Gasteiger partial charge on any atom is -0.493 e. The smallest absolute Gasteiger partial charge is 0.303 e. The number of aliphatic carboxylic acids is 1. The van der Waals surface area contributed by atoms with E-state index in [1.54, 1.807) is 14.2 Å². The molecule has 1 aromatic rings. The molecule has 2 rings (SSSR count). The molecule has 1 heterocycles. The molecule has 0 aliphatic carbocycles. The maximum Gasteiger partial charge on any atom is 0.303 e. The quantitative estimate of drug-likeness (QED) is 0.839. The molecule has 0 saturated carbocycles. The molecule has 5 nitrogen and oxygen atoms in total. The first-order valence-electron chi connectivity index (χ1n) is 7.49. The highest BCUT2D eigenvalue weighted by Gasteiger charge is 2.14. The molecule has 0 fully saturated rings. The number of hydrogen-bond acceptors (Lipinski definition) is 4. The van der Waals surface area contributed by atoms with Gasteiger partial charge in [0, 0.05) is 19.5 Å². The fourth-order valence-corrected chi connectivity index (χ4v) is 2.67. The van der Waals surface area contributed by atoms with Crippen LogP contribution in [0.15, 0.2) is 24.3 Å². The van der Waals surface area contributed by atoms with E-state index in [4.69, 9.17) is 14.6 Å². The van der Waals surface area contributed by atoms with Crippen molar-refractivity contribution in [1.82, 2.24) is 4.90 Å². The number of benzene rings is 1. The molecule has 0 atom stereocenters. The summed E-state index contributed by atoms with van der Waals surface area (Å²) in [6.07, 6.45) is 4.12. The largest absolute Gasteiger partial charge is 0.493 e. The van der Waals surface area contributed by atoms with E-state index in [1.807, 2.05) is 18.2 Å². The zero-order chi connectivity index (χ0) is 15.9. The summed E-state index contributed by atoms with van der Waals surface area (Å²) in [5.41, 5.74) is 2.46. The Morgan fingerprint density at radius 3 is 2.64 bits per heavy atom. The van der Waals surface area contributed by atoms with Crippen LogP contribution in [0.4, 0.5) is 0 Å². The van der Waals surface area contributed by atoms with Gasteiger partial charge in [-0.2, -0.15) is 0 Å². The van der Waals surface area contributed by atoms with Crippen LogP contribution < -0.4 is 9.47 Å². The Bertz CT molecular complexity index is 554. The zero-order valence-corrected chi connectivity index (χ0v) is 13.2. The van der Waals surface area contributed by atoms with E-state index in [9.17, 15) is 4.79 Å². The van der Waals surface area contributed by atoms with Crippen LogP contribution in [0.3, 0.4) is 0 Å². The minimum absolute atomic E-state index is 0.239. The number of carboxylic acid groups (broad SMARTS) is 1. The first kappa shape index (κ1) is 16.4. The molecule has 22 heavy (non-hydrogen) atoms. The molecule has 1 aliphatic rings. The molecule has 0 unspecified atom stereocenters. The lowest BCUT2D eigenvalue weighted by Crippen LogP contribution is -2.29. The van der Waals surface area contributed by atoms with Gasteiger partial charge in [-0.3, -0.25) is 9.69 Å². The van der Waals surface area contributed by atoms with Gasteiger partial charge >= 0.3 is 5.97 Å². The first-order chi connectivity index (χ1) is 10.6. The summed E-state index contributed by atoms with van der Waals surface area (Å²) in [4.78, 5) is 12.8. The van der Waals surface area contributed by atoms with Gasteiger partial charge in [0.25, 0.3) is 0 Å². The van der Waals surface area contributed by atoms with Crippen LogP contribution in [-0.4, -0.2) is 49.8 Å². The van der Waals surface area contributed by atoms with Gasteiger partial charge in [0.05, 0.1) is 14.2 Å². The van der Waals surface area contributed by atoms with Crippen molar-refractivity contribution >= 4 is 11.5 Å². The number of methoxy groups -OCH3 is 2. The molecule has 0 saturated heterocycles. The van der Waals surface area contributed by atoms with Crippen molar-refractivity contribution in [1.29, 1.82) is 0 Å². The number of hydrogen-bond donors (Lipinski definition) is 1. The number of ether oxygens (including phenoxy) is 2. The van der Waals surface area contributed by atoms with Gasteiger partial charge in [-0.25, -0.2) is 0 Å². The summed E-state index contributed by atoms with van der Waals surface area (Å²) >= 11 is 0. The van der Waals surface area contributed by atoms with E-state index in [-0.39, 0.29) is 6.42 Å². The monoisotopic (exact) mass is 305 g/mol. The molecule has 1 aliphatic heterocycles. The Balaban J connectivity index is 1.97. The van der Waals surface area contributed by atoms with E-state index in [2.05, 4.69) is 11.0 Å². The lowest BCUT2D eigenvalue weighted by atomic mass is 9.99. The molecule has 0 spiro atoms. The van der Waals surface area contributed by atoms with Gasteiger partial charge in [0.2, 0.25) is 0 Å². The highest BCUT2D eigenvalue weighted by Crippen LogP contribution is 2.32. The van der Waals surface area contributed by atoms with Crippen molar-refractivity contribution in [2.75, 3.05) is 33.9 Å². The van der Waals surface area contributed by atoms with Gasteiger partial charge in [0.15, 0.2) is 11.5 Å². The topological polar surface area (TPSA) is 59.0 Å². The third-order valence-corrected chi connectivity index (χ3v) is 3.91. The van der Waals surface area contributed by atoms with Gasteiger partial charge in [-0.15, -0.1) is 0 Å². The van der Waals surface area contributed by atoms with Crippen LogP contribution in [0.2, 0.25) is 0 Å². The van der Waals surface area contributed by atoms with Crippen molar-refractivity contribution in [3.8, 4) is 11.5 Å². The maximum absolute atomic E-state index is 10.5. The summed E-state index contributed by atoms with van der Waals surface area (Å²) in [6.45, 7) is 2.66. The van der Waals surface area contributed by atoms with Gasteiger partial charge in [-0.1, -0.05) is 12.1 Å². The lowest BCUT2D eigenvalue weighted by Gasteiger charge is -2.26. The summed E-state index contributed by atoms with van der Waals surface area (Å²) < 4.78 is 10.6. The van der Waals surface area contributed by atoms with Crippen molar-refractivity contribution in [2.45, 2.75) is 19.3 Å². The van der Waals surface area contributed by atoms with Crippen LogP contribution in [0.25, 0.3) is 5.57 Å². The second-order valence-corrected chi connectivity index (χ2v) is 5.35. The first-order valence-corrected chi connectivity index (χ1v) is 7.49. The number of carboxylic acids is 1. The summed E-state index contributed by atoms with van der Waals surface area (Å²) in [7, 11) is 3.27. The van der Waals surface area contributed by atoms with E-state index in [1.165, 1.54) is 5.57 Å². The third-order valence-electron chi connectivity index (χ3n) is 3.91. The average molecular weight is 305 g/mol. The molecule has 0 amide bonds. The predicted octanol–water partition coefficient (Wildman–Crippen LogP) is 2.66. The van der Waals surface area contributed by atoms with Crippen molar-refractivity contribution in [2.24, 2.45) is 0 Å². The fourth-order valence-electron chi connectivity index (χ4n) is 2.67. The Morgan fingerprint density at radius 1 is 1.27 bits per heavy atom. The van der Waals surface area contributed by atoms with Crippen LogP contribution in [0.1, 0.15) is 24.8 Å². The predicted molar refractivity (Wildman–Crippen MR) is 85.4 cm³/mol. The highest BCUT2D eigenvalue weighted by molar-refractivity contribution is 5.69. The Kier molecular flexibility index (Phi) is 5.83. The van der Waals surface area contributed by atoms with Gasteiger partial charge in [-0.05, 0) is 42.7 Å². The molecule has 0 aromatic heterocycles. The molecular formula is C17H23NO4. The summed E-state index contributed by atoms with van der Waals surface area (Å²) in [5.74, 6) is 0.751. The number of carbonyl (C=O) groups is 1. The van der Waals surface area contributed by atoms with Gasteiger partial charge < -0.3 is 14.6 Å².